The van der Waals surface area contributed by atoms with Crippen molar-refractivity contribution in [1.82, 2.24) is 14.7 Å². The number of piperazine rings is 1. The molecule has 3 heterocycles. The van der Waals surface area contributed by atoms with Gasteiger partial charge in [-0.1, -0.05) is 30.3 Å². The lowest BCUT2D eigenvalue weighted by Gasteiger charge is -2.38. The van der Waals surface area contributed by atoms with Crippen LogP contribution in [0.2, 0.25) is 0 Å². The van der Waals surface area contributed by atoms with Crippen LogP contribution in [0.25, 0.3) is 0 Å². The van der Waals surface area contributed by atoms with Crippen molar-refractivity contribution < 1.29 is 13.2 Å². The summed E-state index contributed by atoms with van der Waals surface area (Å²) in [7, 11) is -2.85. The van der Waals surface area contributed by atoms with Crippen LogP contribution in [0.3, 0.4) is 0 Å². The van der Waals surface area contributed by atoms with Crippen LogP contribution in [0.5, 0.6) is 0 Å². The Morgan fingerprint density at radius 1 is 1.00 bits per heavy atom. The van der Waals surface area contributed by atoms with E-state index in [9.17, 15) is 13.2 Å². The molecule has 0 aromatic heterocycles. The summed E-state index contributed by atoms with van der Waals surface area (Å²) in [5.74, 6) is 0.802. The molecule has 0 spiro atoms. The molecule has 27 heavy (non-hydrogen) atoms. The van der Waals surface area contributed by atoms with Crippen LogP contribution in [0, 0.1) is 0 Å². The molecule has 3 aliphatic heterocycles. The first-order chi connectivity index (χ1) is 13.0. The van der Waals surface area contributed by atoms with E-state index in [0.717, 1.165) is 38.9 Å². The molecule has 1 aromatic carbocycles. The topological polar surface area (TPSA) is 60.9 Å². The van der Waals surface area contributed by atoms with Crippen LogP contribution < -0.4 is 0 Å². The zero-order valence-corrected chi connectivity index (χ0v) is 16.6. The monoisotopic (exact) mass is 391 g/mol. The van der Waals surface area contributed by atoms with Crippen molar-refractivity contribution in [3.8, 4) is 0 Å². The minimum atomic E-state index is -2.85. The molecule has 148 valence electrons. The van der Waals surface area contributed by atoms with Gasteiger partial charge >= 0.3 is 0 Å². The van der Waals surface area contributed by atoms with Crippen molar-refractivity contribution in [2.75, 3.05) is 50.8 Å². The SMILES string of the molecule is O=C(CN1CCCC1c1ccccc1)N1CCN(C2CCS(=O)(=O)C2)CC1. The Labute approximate surface area is 162 Å². The van der Waals surface area contributed by atoms with Gasteiger partial charge in [-0.3, -0.25) is 14.6 Å². The number of carbonyl (C=O) groups is 1. The number of rotatable bonds is 4. The Balaban J connectivity index is 1.29. The first-order valence-corrected chi connectivity index (χ1v) is 11.9. The summed E-state index contributed by atoms with van der Waals surface area (Å²) in [6.45, 7) is 4.45. The zero-order chi connectivity index (χ0) is 18.9. The number of hydrogen-bond acceptors (Lipinski definition) is 5. The first-order valence-electron chi connectivity index (χ1n) is 10.0. The van der Waals surface area contributed by atoms with Crippen LogP contribution in [-0.4, -0.2) is 85.8 Å². The molecule has 0 aliphatic carbocycles. The lowest BCUT2D eigenvalue weighted by molar-refractivity contribution is -0.134. The molecule has 0 radical (unpaired) electrons. The number of carbonyl (C=O) groups excluding carboxylic acids is 1. The van der Waals surface area contributed by atoms with Crippen LogP contribution in [0.1, 0.15) is 30.9 Å². The number of likely N-dealkylation sites (tertiary alicyclic amines) is 1. The molecule has 2 atom stereocenters. The molecule has 1 amide bonds. The summed E-state index contributed by atoms with van der Waals surface area (Å²) in [5.41, 5.74) is 1.30. The lowest BCUT2D eigenvalue weighted by atomic mass is 10.0. The Morgan fingerprint density at radius 2 is 1.74 bits per heavy atom. The molecule has 1 aromatic rings. The third-order valence-corrected chi connectivity index (χ3v) is 8.03. The number of sulfone groups is 1. The predicted molar refractivity (Wildman–Crippen MR) is 105 cm³/mol. The van der Waals surface area contributed by atoms with Crippen molar-refractivity contribution in [2.45, 2.75) is 31.3 Å². The molecular weight excluding hydrogens is 362 g/mol. The van der Waals surface area contributed by atoms with E-state index < -0.39 is 9.84 Å². The van der Waals surface area contributed by atoms with Gasteiger partial charge in [-0.25, -0.2) is 8.42 Å². The van der Waals surface area contributed by atoms with Gasteiger partial charge in [0.25, 0.3) is 0 Å². The fraction of sp³-hybridized carbons (Fsp3) is 0.650. The second-order valence-electron chi connectivity index (χ2n) is 8.01. The Kier molecular flexibility index (Phi) is 5.53. The van der Waals surface area contributed by atoms with Crippen molar-refractivity contribution >= 4 is 15.7 Å². The van der Waals surface area contributed by atoms with Crippen molar-refractivity contribution in [1.29, 1.82) is 0 Å². The summed E-state index contributed by atoms with van der Waals surface area (Å²) in [6.07, 6.45) is 2.99. The maximum atomic E-state index is 12.8. The van der Waals surface area contributed by atoms with E-state index in [-0.39, 0.29) is 17.7 Å². The number of benzene rings is 1. The van der Waals surface area contributed by atoms with E-state index in [1.165, 1.54) is 5.56 Å². The van der Waals surface area contributed by atoms with Gasteiger partial charge in [-0.15, -0.1) is 0 Å². The Hall–Kier alpha value is -1.44. The standard InChI is InChI=1S/C20H29N3O3S/c24-20(15-23-9-4-7-19(23)17-5-2-1-3-6-17)22-12-10-21(11-13-22)18-8-14-27(25,26)16-18/h1-3,5-6,18-19H,4,7-16H2. The predicted octanol–water partition coefficient (Wildman–Crippen LogP) is 1.15. The van der Waals surface area contributed by atoms with E-state index in [4.69, 9.17) is 0 Å². The largest absolute Gasteiger partial charge is 0.339 e. The highest BCUT2D eigenvalue weighted by atomic mass is 32.2. The van der Waals surface area contributed by atoms with Crippen molar-refractivity contribution in [3.05, 3.63) is 35.9 Å². The highest BCUT2D eigenvalue weighted by Crippen LogP contribution is 2.31. The Bertz CT molecular complexity index is 760. The van der Waals surface area contributed by atoms with Gasteiger partial charge in [0.2, 0.25) is 5.91 Å². The minimum absolute atomic E-state index is 0.147. The molecule has 3 saturated heterocycles. The van der Waals surface area contributed by atoms with Crippen LogP contribution >= 0.6 is 0 Å². The number of amides is 1. The van der Waals surface area contributed by atoms with Gasteiger partial charge < -0.3 is 4.90 Å². The minimum Gasteiger partial charge on any atom is -0.339 e. The van der Waals surface area contributed by atoms with E-state index in [2.05, 4.69) is 34.1 Å². The van der Waals surface area contributed by atoms with Gasteiger partial charge in [0.05, 0.1) is 18.1 Å². The zero-order valence-electron chi connectivity index (χ0n) is 15.8. The van der Waals surface area contributed by atoms with Crippen LogP contribution in [0.4, 0.5) is 0 Å². The van der Waals surface area contributed by atoms with Gasteiger partial charge in [-0.2, -0.15) is 0 Å². The van der Waals surface area contributed by atoms with Gasteiger partial charge in [-0.05, 0) is 31.4 Å². The molecular formula is C20H29N3O3S. The third kappa shape index (κ3) is 4.36. The molecule has 3 fully saturated rings. The maximum Gasteiger partial charge on any atom is 0.236 e. The van der Waals surface area contributed by atoms with Crippen LogP contribution in [0.15, 0.2) is 30.3 Å². The van der Waals surface area contributed by atoms with Crippen molar-refractivity contribution in [3.63, 3.8) is 0 Å². The highest BCUT2D eigenvalue weighted by Gasteiger charge is 2.35. The maximum absolute atomic E-state index is 12.8. The van der Waals surface area contributed by atoms with Crippen LogP contribution in [-0.2, 0) is 14.6 Å². The highest BCUT2D eigenvalue weighted by molar-refractivity contribution is 7.91. The van der Waals surface area contributed by atoms with E-state index in [1.54, 1.807) is 0 Å². The van der Waals surface area contributed by atoms with E-state index in [1.807, 2.05) is 11.0 Å². The van der Waals surface area contributed by atoms with E-state index >= 15 is 0 Å². The number of hydrogen-bond donors (Lipinski definition) is 0. The van der Waals surface area contributed by atoms with E-state index in [0.29, 0.717) is 31.4 Å². The molecule has 4 rings (SSSR count). The lowest BCUT2D eigenvalue weighted by Crippen LogP contribution is -2.53. The second-order valence-corrected chi connectivity index (χ2v) is 10.2. The summed E-state index contributed by atoms with van der Waals surface area (Å²) in [4.78, 5) is 19.4. The molecule has 0 bridgehead atoms. The normalized spacial score (nSPS) is 29.3. The second kappa shape index (κ2) is 7.89. The first kappa shape index (κ1) is 18.9. The number of nitrogens with zero attached hydrogens (tertiary/aromatic N) is 3. The van der Waals surface area contributed by atoms with Gasteiger partial charge in [0.15, 0.2) is 9.84 Å². The summed E-state index contributed by atoms with van der Waals surface area (Å²) < 4.78 is 23.4. The Morgan fingerprint density at radius 3 is 2.41 bits per heavy atom. The molecule has 0 saturated carbocycles. The molecule has 2 unspecified atom stereocenters. The third-order valence-electron chi connectivity index (χ3n) is 6.28. The molecule has 7 heteroatoms. The fourth-order valence-electron chi connectivity index (χ4n) is 4.74. The summed E-state index contributed by atoms with van der Waals surface area (Å²) in [6, 6.07) is 11.0. The molecule has 0 N–H and O–H groups in total. The van der Waals surface area contributed by atoms with Gasteiger partial charge in [0.1, 0.15) is 0 Å². The van der Waals surface area contributed by atoms with Gasteiger partial charge in [0, 0.05) is 38.3 Å². The fourth-order valence-corrected chi connectivity index (χ4v) is 6.50. The van der Waals surface area contributed by atoms with Crippen molar-refractivity contribution in [2.24, 2.45) is 0 Å². The quantitative estimate of drug-likeness (QED) is 0.771. The average Bonchev–Trinajstić information content (AvgIpc) is 3.28. The summed E-state index contributed by atoms with van der Waals surface area (Å²) in [5, 5.41) is 0. The average molecular weight is 392 g/mol. The summed E-state index contributed by atoms with van der Waals surface area (Å²) >= 11 is 0. The molecule has 3 aliphatic rings. The molecule has 6 nitrogen and oxygen atoms in total. The smallest absolute Gasteiger partial charge is 0.236 e.